The minimum absolute atomic E-state index is 0.339. The first-order valence-corrected chi connectivity index (χ1v) is 6.51. The lowest BCUT2D eigenvalue weighted by atomic mass is 10.1. The molecular formula is C14H17N3O2. The first kappa shape index (κ1) is 13.3. The van der Waals surface area contributed by atoms with Crippen molar-refractivity contribution in [1.29, 1.82) is 5.26 Å². The van der Waals surface area contributed by atoms with Crippen LogP contribution in [0.25, 0.3) is 0 Å². The Morgan fingerprint density at radius 1 is 1.63 bits per heavy atom. The predicted molar refractivity (Wildman–Crippen MR) is 70.7 cm³/mol. The van der Waals surface area contributed by atoms with Gasteiger partial charge in [0.05, 0.1) is 12.2 Å². The Kier molecular flexibility index (Phi) is 4.00. The fourth-order valence-electron chi connectivity index (χ4n) is 2.20. The number of esters is 1. The number of fused-ring (bicyclic) bond motifs is 1. The van der Waals surface area contributed by atoms with Gasteiger partial charge >= 0.3 is 5.97 Å². The number of aryl methyl sites for hydroxylation is 2. The molecular weight excluding hydrogens is 242 g/mol. The third-order valence-corrected chi connectivity index (χ3v) is 3.16. The Morgan fingerprint density at radius 2 is 2.42 bits per heavy atom. The summed E-state index contributed by atoms with van der Waals surface area (Å²) in [6.07, 6.45) is 2.98. The molecule has 1 heterocycles. The van der Waals surface area contributed by atoms with Crippen LogP contribution in [0, 0.1) is 11.3 Å². The fraction of sp³-hybridized carbons (Fsp3) is 0.500. The van der Waals surface area contributed by atoms with Crippen molar-refractivity contribution >= 4 is 11.8 Å². The van der Waals surface area contributed by atoms with Crippen molar-refractivity contribution in [2.24, 2.45) is 0 Å². The summed E-state index contributed by atoms with van der Waals surface area (Å²) >= 11 is 0. The zero-order valence-corrected chi connectivity index (χ0v) is 11.2. The number of nitrogens with zero attached hydrogens (tertiary/aromatic N) is 2. The summed E-state index contributed by atoms with van der Waals surface area (Å²) in [7, 11) is 0. The number of pyridine rings is 1. The van der Waals surface area contributed by atoms with Crippen LogP contribution in [-0.2, 0) is 22.4 Å². The monoisotopic (exact) mass is 259 g/mol. The summed E-state index contributed by atoms with van der Waals surface area (Å²) in [5, 5.41) is 12.1. The van der Waals surface area contributed by atoms with Crippen LogP contribution in [-0.4, -0.2) is 23.6 Å². The van der Waals surface area contributed by atoms with Crippen molar-refractivity contribution in [1.82, 2.24) is 4.98 Å². The topological polar surface area (TPSA) is 75.0 Å². The van der Waals surface area contributed by atoms with E-state index in [1.165, 1.54) is 0 Å². The molecule has 0 radical (unpaired) electrons. The standard InChI is InChI=1S/C14H17N3O2/c1-3-19-14(18)9(2)16-13-11(8-15)7-10-5-4-6-12(10)17-13/h7,9H,3-6H2,1-2H3,(H,16,17). The van der Waals surface area contributed by atoms with E-state index in [0.29, 0.717) is 18.0 Å². The number of anilines is 1. The zero-order chi connectivity index (χ0) is 13.8. The Hall–Kier alpha value is -2.09. The van der Waals surface area contributed by atoms with Gasteiger partial charge in [-0.05, 0) is 44.7 Å². The Bertz CT molecular complexity index is 534. The van der Waals surface area contributed by atoms with Gasteiger partial charge in [-0.2, -0.15) is 5.26 Å². The fourth-order valence-corrected chi connectivity index (χ4v) is 2.20. The van der Waals surface area contributed by atoms with Gasteiger partial charge < -0.3 is 10.1 Å². The minimum atomic E-state index is -0.515. The lowest BCUT2D eigenvalue weighted by molar-refractivity contribution is -0.143. The number of carbonyl (C=O) groups excluding carboxylic acids is 1. The number of hydrogen-bond donors (Lipinski definition) is 1. The number of rotatable bonds is 4. The number of nitriles is 1. The molecule has 0 saturated carbocycles. The molecule has 1 unspecified atom stereocenters. The van der Waals surface area contributed by atoms with Crippen molar-refractivity contribution in [2.45, 2.75) is 39.2 Å². The maximum Gasteiger partial charge on any atom is 0.328 e. The molecule has 1 aliphatic carbocycles. The molecule has 0 spiro atoms. The highest BCUT2D eigenvalue weighted by molar-refractivity contribution is 5.79. The molecule has 100 valence electrons. The van der Waals surface area contributed by atoms with E-state index in [1.807, 2.05) is 6.07 Å². The van der Waals surface area contributed by atoms with Crippen LogP contribution in [0.15, 0.2) is 6.07 Å². The molecule has 0 saturated heterocycles. The van der Waals surface area contributed by atoms with Crippen molar-refractivity contribution in [3.05, 3.63) is 22.9 Å². The van der Waals surface area contributed by atoms with E-state index >= 15 is 0 Å². The van der Waals surface area contributed by atoms with Gasteiger partial charge in [0.25, 0.3) is 0 Å². The summed E-state index contributed by atoms with van der Waals surface area (Å²) in [5.74, 6) is 0.136. The normalized spacial score (nSPS) is 14.4. The molecule has 0 bridgehead atoms. The average molecular weight is 259 g/mol. The average Bonchev–Trinajstić information content (AvgIpc) is 2.85. The maximum atomic E-state index is 11.6. The molecule has 0 aromatic carbocycles. The Balaban J connectivity index is 2.20. The van der Waals surface area contributed by atoms with Gasteiger partial charge in [-0.3, -0.25) is 0 Å². The van der Waals surface area contributed by atoms with Gasteiger partial charge in [0.2, 0.25) is 0 Å². The highest BCUT2D eigenvalue weighted by atomic mass is 16.5. The lowest BCUT2D eigenvalue weighted by Gasteiger charge is -2.15. The van der Waals surface area contributed by atoms with E-state index in [4.69, 9.17) is 10.00 Å². The molecule has 0 fully saturated rings. The van der Waals surface area contributed by atoms with E-state index < -0.39 is 6.04 Å². The highest BCUT2D eigenvalue weighted by Gasteiger charge is 2.20. The van der Waals surface area contributed by atoms with Crippen LogP contribution >= 0.6 is 0 Å². The van der Waals surface area contributed by atoms with E-state index in [9.17, 15) is 4.79 Å². The van der Waals surface area contributed by atoms with Gasteiger partial charge in [0, 0.05) is 5.69 Å². The molecule has 2 rings (SSSR count). The van der Waals surface area contributed by atoms with Crippen LogP contribution in [0.5, 0.6) is 0 Å². The second-order valence-corrected chi connectivity index (χ2v) is 4.57. The predicted octanol–water partition coefficient (Wildman–Crippen LogP) is 1.81. The van der Waals surface area contributed by atoms with Gasteiger partial charge in [-0.25, -0.2) is 9.78 Å². The molecule has 0 aliphatic heterocycles. The SMILES string of the molecule is CCOC(=O)C(C)Nc1nc2c(cc1C#N)CCC2. The van der Waals surface area contributed by atoms with E-state index in [0.717, 1.165) is 30.5 Å². The lowest BCUT2D eigenvalue weighted by Crippen LogP contribution is -2.29. The molecule has 5 nitrogen and oxygen atoms in total. The molecule has 1 N–H and O–H groups in total. The summed E-state index contributed by atoms with van der Waals surface area (Å²) in [4.78, 5) is 16.1. The number of carbonyl (C=O) groups is 1. The van der Waals surface area contributed by atoms with Gasteiger partial charge in [-0.1, -0.05) is 0 Å². The van der Waals surface area contributed by atoms with Crippen LogP contribution in [0.1, 0.15) is 37.1 Å². The van der Waals surface area contributed by atoms with Crippen LogP contribution in [0.2, 0.25) is 0 Å². The summed E-state index contributed by atoms with van der Waals surface area (Å²) in [5.41, 5.74) is 2.65. The quantitative estimate of drug-likeness (QED) is 0.834. The Labute approximate surface area is 112 Å². The van der Waals surface area contributed by atoms with Crippen molar-refractivity contribution in [3.63, 3.8) is 0 Å². The molecule has 1 aromatic rings. The van der Waals surface area contributed by atoms with Crippen molar-refractivity contribution < 1.29 is 9.53 Å². The van der Waals surface area contributed by atoms with E-state index in [-0.39, 0.29) is 5.97 Å². The first-order chi connectivity index (χ1) is 9.15. The van der Waals surface area contributed by atoms with Crippen LogP contribution in [0.4, 0.5) is 5.82 Å². The summed E-state index contributed by atoms with van der Waals surface area (Å²) < 4.78 is 4.93. The Morgan fingerprint density at radius 3 is 3.11 bits per heavy atom. The second kappa shape index (κ2) is 5.70. The van der Waals surface area contributed by atoms with E-state index in [2.05, 4.69) is 16.4 Å². The van der Waals surface area contributed by atoms with Gasteiger partial charge in [0.1, 0.15) is 17.9 Å². The van der Waals surface area contributed by atoms with Gasteiger partial charge in [-0.15, -0.1) is 0 Å². The third-order valence-electron chi connectivity index (χ3n) is 3.16. The molecule has 1 aromatic heterocycles. The molecule has 1 atom stereocenters. The second-order valence-electron chi connectivity index (χ2n) is 4.57. The van der Waals surface area contributed by atoms with Crippen molar-refractivity contribution in [3.8, 4) is 6.07 Å². The maximum absolute atomic E-state index is 11.6. The van der Waals surface area contributed by atoms with Crippen molar-refractivity contribution in [2.75, 3.05) is 11.9 Å². The molecule has 19 heavy (non-hydrogen) atoms. The summed E-state index contributed by atoms with van der Waals surface area (Å²) in [6, 6.07) is 3.48. The van der Waals surface area contributed by atoms with E-state index in [1.54, 1.807) is 13.8 Å². The largest absolute Gasteiger partial charge is 0.464 e. The molecule has 1 aliphatic rings. The van der Waals surface area contributed by atoms with Gasteiger partial charge in [0.15, 0.2) is 0 Å². The number of ether oxygens (including phenoxy) is 1. The number of nitrogens with one attached hydrogen (secondary N) is 1. The highest BCUT2D eigenvalue weighted by Crippen LogP contribution is 2.25. The third kappa shape index (κ3) is 2.84. The first-order valence-electron chi connectivity index (χ1n) is 6.51. The summed E-state index contributed by atoms with van der Waals surface area (Å²) in [6.45, 7) is 3.81. The minimum Gasteiger partial charge on any atom is -0.464 e. The number of hydrogen-bond acceptors (Lipinski definition) is 5. The smallest absolute Gasteiger partial charge is 0.328 e. The van der Waals surface area contributed by atoms with Crippen LogP contribution in [0.3, 0.4) is 0 Å². The van der Waals surface area contributed by atoms with Crippen LogP contribution < -0.4 is 5.32 Å². The zero-order valence-electron chi connectivity index (χ0n) is 11.2. The number of aromatic nitrogens is 1. The molecule has 0 amide bonds. The molecule has 5 heteroatoms.